The summed E-state index contributed by atoms with van der Waals surface area (Å²) in [5.74, 6) is -0.0703. The van der Waals surface area contributed by atoms with E-state index in [1.54, 1.807) is 19.2 Å². The molecule has 2 atom stereocenters. The van der Waals surface area contributed by atoms with Gasteiger partial charge in [0.1, 0.15) is 5.92 Å². The number of ketones is 1. The van der Waals surface area contributed by atoms with Gasteiger partial charge in [-0.15, -0.1) is 0 Å². The lowest BCUT2D eigenvalue weighted by atomic mass is 9.98. The molecule has 0 spiro atoms. The number of piperidine rings is 1. The molecule has 6 nitrogen and oxygen atoms in total. The molecule has 31 heavy (non-hydrogen) atoms. The van der Waals surface area contributed by atoms with Crippen molar-refractivity contribution in [1.29, 1.82) is 0 Å². The van der Waals surface area contributed by atoms with Gasteiger partial charge >= 0.3 is 5.97 Å². The number of rotatable bonds is 7. The van der Waals surface area contributed by atoms with E-state index in [0.29, 0.717) is 36.0 Å². The molecule has 0 saturated carbocycles. The lowest BCUT2D eigenvalue weighted by molar-refractivity contribution is -0.148. The van der Waals surface area contributed by atoms with Crippen LogP contribution in [0.2, 0.25) is 0 Å². The normalized spacial score (nSPS) is 20.9. The molecule has 1 aliphatic carbocycles. The molecule has 0 aromatic heterocycles. The number of carbonyl (C=O) groups excluding carboxylic acids is 2. The summed E-state index contributed by atoms with van der Waals surface area (Å²) >= 11 is 0. The Labute approximate surface area is 183 Å². The zero-order valence-corrected chi connectivity index (χ0v) is 18.1. The summed E-state index contributed by atoms with van der Waals surface area (Å²) in [6, 6.07) is 13.8. The largest absolute Gasteiger partial charge is 0.493 e. The molecule has 0 amide bonds. The van der Waals surface area contributed by atoms with E-state index in [4.69, 9.17) is 14.2 Å². The van der Waals surface area contributed by atoms with E-state index in [9.17, 15) is 9.59 Å². The molecule has 2 unspecified atom stereocenters. The van der Waals surface area contributed by atoms with Crippen LogP contribution in [-0.4, -0.2) is 50.6 Å². The fourth-order valence-electron chi connectivity index (χ4n) is 4.58. The van der Waals surface area contributed by atoms with Crippen molar-refractivity contribution in [2.45, 2.75) is 25.8 Å². The number of benzene rings is 2. The van der Waals surface area contributed by atoms with Gasteiger partial charge < -0.3 is 14.2 Å². The minimum Gasteiger partial charge on any atom is -0.493 e. The van der Waals surface area contributed by atoms with Crippen LogP contribution in [-0.2, 0) is 22.5 Å². The van der Waals surface area contributed by atoms with Crippen molar-refractivity contribution in [2.75, 3.05) is 33.9 Å². The Balaban J connectivity index is 1.33. The van der Waals surface area contributed by atoms with Gasteiger partial charge in [-0.1, -0.05) is 30.3 Å². The molecule has 1 aliphatic heterocycles. The molecule has 6 heteroatoms. The SMILES string of the molecule is COc1cc2c(cc1OC)C(=O)C(C(=O)OCC1CCCN(Cc3ccccc3)C1)C2. The summed E-state index contributed by atoms with van der Waals surface area (Å²) in [5.41, 5.74) is 2.61. The Morgan fingerprint density at radius 2 is 1.84 bits per heavy atom. The molecule has 2 aromatic carbocycles. The predicted octanol–water partition coefficient (Wildman–Crippen LogP) is 3.51. The first-order chi connectivity index (χ1) is 15.1. The smallest absolute Gasteiger partial charge is 0.317 e. The number of methoxy groups -OCH3 is 2. The highest BCUT2D eigenvalue weighted by molar-refractivity contribution is 6.12. The maximum atomic E-state index is 12.8. The molecule has 0 bridgehead atoms. The number of hydrogen-bond donors (Lipinski definition) is 0. The van der Waals surface area contributed by atoms with Crippen molar-refractivity contribution in [3.8, 4) is 11.5 Å². The summed E-state index contributed by atoms with van der Waals surface area (Å²) in [6.45, 7) is 3.22. The molecule has 4 rings (SSSR count). The zero-order chi connectivity index (χ0) is 21.8. The van der Waals surface area contributed by atoms with Crippen molar-refractivity contribution < 1.29 is 23.8 Å². The third-order valence-corrected chi connectivity index (χ3v) is 6.21. The van der Waals surface area contributed by atoms with E-state index in [0.717, 1.165) is 38.0 Å². The third-order valence-electron chi connectivity index (χ3n) is 6.21. The van der Waals surface area contributed by atoms with Crippen molar-refractivity contribution in [3.05, 3.63) is 59.2 Å². The van der Waals surface area contributed by atoms with Crippen LogP contribution in [0.3, 0.4) is 0 Å². The quantitative estimate of drug-likeness (QED) is 0.502. The van der Waals surface area contributed by atoms with E-state index in [1.165, 1.54) is 12.7 Å². The lowest BCUT2D eigenvalue weighted by Gasteiger charge is -2.32. The summed E-state index contributed by atoms with van der Waals surface area (Å²) < 4.78 is 16.2. The van der Waals surface area contributed by atoms with Crippen LogP contribution in [0.15, 0.2) is 42.5 Å². The number of esters is 1. The number of nitrogens with zero attached hydrogens (tertiary/aromatic N) is 1. The second kappa shape index (κ2) is 9.52. The van der Waals surface area contributed by atoms with E-state index >= 15 is 0 Å². The van der Waals surface area contributed by atoms with Gasteiger partial charge in [-0.05, 0) is 49.1 Å². The van der Waals surface area contributed by atoms with Crippen molar-refractivity contribution >= 4 is 11.8 Å². The average Bonchev–Trinajstić information content (AvgIpc) is 3.13. The Morgan fingerprint density at radius 1 is 1.10 bits per heavy atom. The molecule has 1 heterocycles. The van der Waals surface area contributed by atoms with Crippen molar-refractivity contribution in [2.24, 2.45) is 11.8 Å². The Morgan fingerprint density at radius 3 is 2.58 bits per heavy atom. The van der Waals surface area contributed by atoms with E-state index < -0.39 is 11.9 Å². The minimum atomic E-state index is -0.782. The zero-order valence-electron chi connectivity index (χ0n) is 18.1. The van der Waals surface area contributed by atoms with E-state index in [-0.39, 0.29) is 5.78 Å². The number of ether oxygens (including phenoxy) is 3. The number of likely N-dealkylation sites (tertiary alicyclic amines) is 1. The summed E-state index contributed by atoms with van der Waals surface area (Å²) in [4.78, 5) is 27.9. The molecule has 0 N–H and O–H groups in total. The lowest BCUT2D eigenvalue weighted by Crippen LogP contribution is -2.37. The van der Waals surface area contributed by atoms with Gasteiger partial charge in [0, 0.05) is 24.6 Å². The van der Waals surface area contributed by atoms with Gasteiger partial charge in [0.25, 0.3) is 0 Å². The van der Waals surface area contributed by atoms with Crippen LogP contribution >= 0.6 is 0 Å². The van der Waals surface area contributed by atoms with E-state index in [1.807, 2.05) is 6.07 Å². The average molecular weight is 424 g/mol. The van der Waals surface area contributed by atoms with Gasteiger partial charge in [-0.2, -0.15) is 0 Å². The highest BCUT2D eigenvalue weighted by Crippen LogP contribution is 2.37. The maximum Gasteiger partial charge on any atom is 0.317 e. The van der Waals surface area contributed by atoms with Crippen LogP contribution in [0, 0.1) is 11.8 Å². The molecular formula is C25H29NO5. The van der Waals surface area contributed by atoms with E-state index in [2.05, 4.69) is 29.2 Å². The molecule has 2 aliphatic rings. The number of carbonyl (C=O) groups is 2. The minimum absolute atomic E-state index is 0.199. The highest BCUT2D eigenvalue weighted by Gasteiger charge is 2.38. The first-order valence-electron chi connectivity index (χ1n) is 10.8. The molecule has 2 aromatic rings. The molecule has 1 fully saturated rings. The first kappa shape index (κ1) is 21.4. The van der Waals surface area contributed by atoms with Crippen LogP contribution in [0.5, 0.6) is 11.5 Å². The second-order valence-electron chi connectivity index (χ2n) is 8.34. The summed E-state index contributed by atoms with van der Waals surface area (Å²) in [6.07, 6.45) is 2.46. The monoisotopic (exact) mass is 423 g/mol. The Bertz CT molecular complexity index is 942. The van der Waals surface area contributed by atoms with Gasteiger partial charge in [0.05, 0.1) is 20.8 Å². The topological polar surface area (TPSA) is 65.1 Å². The van der Waals surface area contributed by atoms with Gasteiger partial charge in [-0.3, -0.25) is 14.5 Å². The number of hydrogen-bond acceptors (Lipinski definition) is 6. The fourth-order valence-corrected chi connectivity index (χ4v) is 4.58. The van der Waals surface area contributed by atoms with Crippen LogP contribution < -0.4 is 9.47 Å². The second-order valence-corrected chi connectivity index (χ2v) is 8.34. The highest BCUT2D eigenvalue weighted by atomic mass is 16.5. The van der Waals surface area contributed by atoms with Crippen molar-refractivity contribution in [3.63, 3.8) is 0 Å². The van der Waals surface area contributed by atoms with Crippen LogP contribution in [0.4, 0.5) is 0 Å². The van der Waals surface area contributed by atoms with Gasteiger partial charge in [0.15, 0.2) is 17.3 Å². The van der Waals surface area contributed by atoms with Gasteiger partial charge in [-0.25, -0.2) is 0 Å². The maximum absolute atomic E-state index is 12.8. The Kier molecular flexibility index (Phi) is 6.56. The summed E-state index contributed by atoms with van der Waals surface area (Å²) in [5, 5.41) is 0. The molecule has 0 radical (unpaired) electrons. The Hall–Kier alpha value is -2.86. The summed E-state index contributed by atoms with van der Waals surface area (Å²) in [7, 11) is 3.08. The first-order valence-corrected chi connectivity index (χ1v) is 10.8. The molecular weight excluding hydrogens is 394 g/mol. The molecule has 1 saturated heterocycles. The van der Waals surface area contributed by atoms with Crippen molar-refractivity contribution in [1.82, 2.24) is 4.90 Å². The third kappa shape index (κ3) is 4.74. The standard InChI is InChI=1S/C25H29NO5/c1-29-22-12-19-11-21(24(27)20(19)13-23(22)30-2)25(28)31-16-18-9-6-10-26(15-18)14-17-7-4-3-5-8-17/h3-5,7-8,12-13,18,21H,6,9-11,14-16H2,1-2H3. The fraction of sp³-hybridized carbons (Fsp3) is 0.440. The number of Topliss-reactive ketones (excluding diaryl/α,β-unsaturated/α-hetero) is 1. The number of fused-ring (bicyclic) bond motifs is 1. The predicted molar refractivity (Wildman–Crippen MR) is 116 cm³/mol. The van der Waals surface area contributed by atoms with Crippen LogP contribution in [0.25, 0.3) is 0 Å². The van der Waals surface area contributed by atoms with Gasteiger partial charge in [0.2, 0.25) is 0 Å². The molecule has 164 valence electrons. The van der Waals surface area contributed by atoms with Crippen LogP contribution in [0.1, 0.15) is 34.3 Å².